The number of pyridine rings is 1. The van der Waals surface area contributed by atoms with Gasteiger partial charge in [-0.3, -0.25) is 4.98 Å². The fourth-order valence-electron chi connectivity index (χ4n) is 4.32. The lowest BCUT2D eigenvalue weighted by Gasteiger charge is -2.40. The van der Waals surface area contributed by atoms with E-state index < -0.39 is 5.60 Å². The standard InChI is InChI=1S/C26H29N7OS/c1-6-18-11-19-7-8-23(33(19)28-13-18)22-12-21(29-16(2)3)20(14-27-22)24-30-31-25(35-24)32-10-9-26(5,34)17(4)15-32/h1,7-8,11-14,16-17,34H,9-10,15H2,2-5H3,(H,27,29)/t17-,26-/m0/s1. The van der Waals surface area contributed by atoms with Crippen LogP contribution in [-0.4, -0.2) is 54.6 Å². The van der Waals surface area contributed by atoms with Crippen LogP contribution in [0.1, 0.15) is 39.7 Å². The molecule has 0 aliphatic carbocycles. The van der Waals surface area contributed by atoms with E-state index in [1.165, 1.54) is 0 Å². The molecule has 1 saturated heterocycles. The maximum absolute atomic E-state index is 10.5. The Balaban J connectivity index is 1.49. The normalized spacial score (nSPS) is 20.4. The van der Waals surface area contributed by atoms with Crippen LogP contribution < -0.4 is 10.2 Å². The van der Waals surface area contributed by atoms with Crippen molar-refractivity contribution in [3.8, 4) is 34.3 Å². The highest BCUT2D eigenvalue weighted by Gasteiger charge is 2.35. The second kappa shape index (κ2) is 8.95. The van der Waals surface area contributed by atoms with Crippen molar-refractivity contribution in [2.75, 3.05) is 23.3 Å². The molecule has 1 aliphatic heterocycles. The number of piperidine rings is 1. The van der Waals surface area contributed by atoms with Gasteiger partial charge in [0.1, 0.15) is 0 Å². The molecule has 0 bridgehead atoms. The third-order valence-corrected chi connectivity index (χ3v) is 7.65. The second-order valence-electron chi connectivity index (χ2n) is 9.70. The first kappa shape index (κ1) is 23.3. The molecule has 4 aromatic heterocycles. The van der Waals surface area contributed by atoms with E-state index in [0.717, 1.165) is 56.9 Å². The molecule has 0 unspecified atom stereocenters. The maximum atomic E-state index is 10.5. The number of anilines is 2. The van der Waals surface area contributed by atoms with E-state index in [1.807, 2.05) is 41.9 Å². The third kappa shape index (κ3) is 4.47. The molecule has 0 radical (unpaired) electrons. The molecule has 2 atom stereocenters. The second-order valence-corrected chi connectivity index (χ2v) is 10.7. The number of aromatic nitrogens is 5. The van der Waals surface area contributed by atoms with Gasteiger partial charge in [0.25, 0.3) is 0 Å². The van der Waals surface area contributed by atoms with Crippen LogP contribution >= 0.6 is 11.3 Å². The van der Waals surface area contributed by atoms with E-state index in [-0.39, 0.29) is 12.0 Å². The van der Waals surface area contributed by atoms with Crippen LogP contribution in [0, 0.1) is 18.3 Å². The predicted octanol–water partition coefficient (Wildman–Crippen LogP) is 4.31. The van der Waals surface area contributed by atoms with E-state index >= 15 is 0 Å². The van der Waals surface area contributed by atoms with Gasteiger partial charge in [-0.1, -0.05) is 24.2 Å². The van der Waals surface area contributed by atoms with Crippen LogP contribution in [0.4, 0.5) is 10.8 Å². The smallest absolute Gasteiger partial charge is 0.208 e. The van der Waals surface area contributed by atoms with Crippen molar-refractivity contribution in [1.29, 1.82) is 0 Å². The van der Waals surface area contributed by atoms with E-state index in [4.69, 9.17) is 11.4 Å². The average molecular weight is 488 g/mol. The van der Waals surface area contributed by atoms with Gasteiger partial charge in [-0.25, -0.2) is 4.52 Å². The van der Waals surface area contributed by atoms with Gasteiger partial charge in [0.2, 0.25) is 5.13 Å². The van der Waals surface area contributed by atoms with Crippen molar-refractivity contribution in [2.45, 2.75) is 45.8 Å². The monoisotopic (exact) mass is 487 g/mol. The van der Waals surface area contributed by atoms with Crippen LogP contribution in [0.3, 0.4) is 0 Å². The third-order valence-electron chi connectivity index (χ3n) is 6.64. The molecule has 35 heavy (non-hydrogen) atoms. The summed E-state index contributed by atoms with van der Waals surface area (Å²) in [6.45, 7) is 9.71. The fourth-order valence-corrected chi connectivity index (χ4v) is 5.22. The molecule has 5 heterocycles. The largest absolute Gasteiger partial charge is 0.390 e. The van der Waals surface area contributed by atoms with Gasteiger partial charge in [0.15, 0.2) is 5.01 Å². The van der Waals surface area contributed by atoms with Gasteiger partial charge in [-0.15, -0.1) is 16.6 Å². The van der Waals surface area contributed by atoms with Gasteiger partial charge < -0.3 is 15.3 Å². The van der Waals surface area contributed by atoms with Crippen molar-refractivity contribution in [3.05, 3.63) is 42.2 Å². The summed E-state index contributed by atoms with van der Waals surface area (Å²) in [7, 11) is 0. The molecular weight excluding hydrogens is 458 g/mol. The molecular formula is C26H29N7OS. The highest BCUT2D eigenvalue weighted by atomic mass is 32.1. The summed E-state index contributed by atoms with van der Waals surface area (Å²) < 4.78 is 1.84. The van der Waals surface area contributed by atoms with Crippen molar-refractivity contribution < 1.29 is 5.11 Å². The summed E-state index contributed by atoms with van der Waals surface area (Å²) in [6, 6.07) is 8.18. The fraction of sp³-hybridized carbons (Fsp3) is 0.385. The lowest BCUT2D eigenvalue weighted by Crippen LogP contribution is -2.49. The predicted molar refractivity (Wildman–Crippen MR) is 141 cm³/mol. The lowest BCUT2D eigenvalue weighted by molar-refractivity contribution is -0.00936. The van der Waals surface area contributed by atoms with Crippen molar-refractivity contribution >= 4 is 27.7 Å². The summed E-state index contributed by atoms with van der Waals surface area (Å²) in [5.41, 5.74) is 4.56. The minimum absolute atomic E-state index is 0.157. The molecule has 180 valence electrons. The zero-order valence-corrected chi connectivity index (χ0v) is 21.2. The van der Waals surface area contributed by atoms with Gasteiger partial charge in [0, 0.05) is 42.5 Å². The Hall–Kier alpha value is -3.48. The SMILES string of the molecule is C#Cc1cnn2c(-c3cc(NC(C)C)c(-c4nnc(N5CC[C@](C)(O)[C@@H](C)C5)s4)cn3)ccc2c1. The number of fused-ring (bicyclic) bond motifs is 1. The molecule has 5 rings (SSSR count). The van der Waals surface area contributed by atoms with Gasteiger partial charge in [-0.2, -0.15) is 5.10 Å². The molecule has 9 heteroatoms. The van der Waals surface area contributed by atoms with Crippen molar-refractivity contribution in [2.24, 2.45) is 5.92 Å². The van der Waals surface area contributed by atoms with Crippen LogP contribution in [0.25, 0.3) is 27.5 Å². The van der Waals surface area contributed by atoms with E-state index in [0.29, 0.717) is 6.42 Å². The Bertz CT molecular complexity index is 1410. The molecule has 8 nitrogen and oxygen atoms in total. The molecule has 2 N–H and O–H groups in total. The number of hydrogen-bond donors (Lipinski definition) is 2. The topological polar surface area (TPSA) is 91.5 Å². The van der Waals surface area contributed by atoms with Gasteiger partial charge >= 0.3 is 0 Å². The molecule has 0 amide bonds. The van der Waals surface area contributed by atoms with Crippen molar-refractivity contribution in [1.82, 2.24) is 24.8 Å². The first-order chi connectivity index (χ1) is 16.7. The number of rotatable bonds is 5. The summed E-state index contributed by atoms with van der Waals surface area (Å²) >= 11 is 1.55. The molecule has 0 aromatic carbocycles. The van der Waals surface area contributed by atoms with E-state index in [2.05, 4.69) is 52.2 Å². The first-order valence-electron chi connectivity index (χ1n) is 11.8. The Morgan fingerprint density at radius 3 is 2.83 bits per heavy atom. The van der Waals surface area contributed by atoms with E-state index in [1.54, 1.807) is 17.5 Å². The Morgan fingerprint density at radius 2 is 2.09 bits per heavy atom. The van der Waals surface area contributed by atoms with E-state index in [9.17, 15) is 5.11 Å². The molecule has 0 saturated carbocycles. The highest BCUT2D eigenvalue weighted by molar-refractivity contribution is 7.18. The van der Waals surface area contributed by atoms with Gasteiger partial charge in [-0.05, 0) is 51.5 Å². The van der Waals surface area contributed by atoms with Crippen molar-refractivity contribution in [3.63, 3.8) is 0 Å². The first-order valence-corrected chi connectivity index (χ1v) is 12.6. The number of nitrogens with zero attached hydrogens (tertiary/aromatic N) is 6. The molecule has 4 aromatic rings. The van der Waals surface area contributed by atoms with Gasteiger partial charge in [0.05, 0.1) is 34.3 Å². The quantitative estimate of drug-likeness (QED) is 0.405. The lowest BCUT2D eigenvalue weighted by atomic mass is 9.84. The van der Waals surface area contributed by atoms with Crippen LogP contribution in [0.2, 0.25) is 0 Å². The van der Waals surface area contributed by atoms with Crippen LogP contribution in [0.5, 0.6) is 0 Å². The number of hydrogen-bond acceptors (Lipinski definition) is 8. The average Bonchev–Trinajstić information content (AvgIpc) is 3.47. The number of aliphatic hydroxyl groups is 1. The summed E-state index contributed by atoms with van der Waals surface area (Å²) in [4.78, 5) is 6.97. The summed E-state index contributed by atoms with van der Waals surface area (Å²) in [6.07, 6.45) is 9.76. The Kier molecular flexibility index (Phi) is 5.95. The zero-order valence-electron chi connectivity index (χ0n) is 20.4. The van der Waals surface area contributed by atoms with Crippen LogP contribution in [-0.2, 0) is 0 Å². The zero-order chi connectivity index (χ0) is 24.7. The number of terminal acetylenes is 1. The Labute approximate surface area is 209 Å². The highest BCUT2D eigenvalue weighted by Crippen LogP contribution is 2.37. The van der Waals surface area contributed by atoms with Crippen LogP contribution in [0.15, 0.2) is 36.7 Å². The summed E-state index contributed by atoms with van der Waals surface area (Å²) in [5, 5.41) is 29.2. The number of nitrogens with one attached hydrogen (secondary N) is 1. The molecule has 1 aliphatic rings. The Morgan fingerprint density at radius 1 is 1.26 bits per heavy atom. The summed E-state index contributed by atoms with van der Waals surface area (Å²) in [5.74, 6) is 2.78. The molecule has 1 fully saturated rings. The molecule has 0 spiro atoms. The minimum atomic E-state index is -0.641. The minimum Gasteiger partial charge on any atom is -0.390 e. The maximum Gasteiger partial charge on any atom is 0.208 e.